The average molecular weight is 469 g/mol. The molecule has 0 saturated carbocycles. The molecule has 0 spiro atoms. The molecular formula is C25H28N2O7. The molecule has 0 aromatic heterocycles. The van der Waals surface area contributed by atoms with E-state index in [9.17, 15) is 24.0 Å². The molecule has 2 amide bonds. The zero-order valence-corrected chi connectivity index (χ0v) is 19.7. The molecule has 9 nitrogen and oxygen atoms in total. The number of ketones is 1. The van der Waals surface area contributed by atoms with Gasteiger partial charge in [0, 0.05) is 11.1 Å². The van der Waals surface area contributed by atoms with Gasteiger partial charge in [0.1, 0.15) is 13.1 Å². The Morgan fingerprint density at radius 1 is 0.588 bits per heavy atom. The van der Waals surface area contributed by atoms with E-state index in [2.05, 4.69) is 10.6 Å². The first-order valence-corrected chi connectivity index (χ1v) is 10.6. The van der Waals surface area contributed by atoms with Gasteiger partial charge in [-0.2, -0.15) is 0 Å². The van der Waals surface area contributed by atoms with Gasteiger partial charge in [0.25, 0.3) is 11.8 Å². The lowest BCUT2D eigenvalue weighted by Crippen LogP contribution is -2.33. The summed E-state index contributed by atoms with van der Waals surface area (Å²) in [6.45, 7) is 5.38. The maximum atomic E-state index is 12.1. The summed E-state index contributed by atoms with van der Waals surface area (Å²) in [5.41, 5.74) is 4.49. The number of hydrogen-bond acceptors (Lipinski definition) is 7. The first-order valence-electron chi connectivity index (χ1n) is 10.6. The van der Waals surface area contributed by atoms with Crippen LogP contribution in [0, 0.1) is 27.7 Å². The van der Waals surface area contributed by atoms with Gasteiger partial charge in [-0.1, -0.05) is 34.4 Å². The van der Waals surface area contributed by atoms with Gasteiger partial charge >= 0.3 is 11.9 Å². The molecule has 0 aliphatic rings. The van der Waals surface area contributed by atoms with Crippen LogP contribution in [0.5, 0.6) is 0 Å². The van der Waals surface area contributed by atoms with Gasteiger partial charge in [0.15, 0.2) is 13.2 Å². The van der Waals surface area contributed by atoms with Crippen molar-refractivity contribution in [2.75, 3.05) is 26.3 Å². The van der Waals surface area contributed by atoms with Crippen molar-refractivity contribution in [1.82, 2.24) is 10.6 Å². The Morgan fingerprint density at radius 3 is 1.24 bits per heavy atom. The zero-order valence-electron chi connectivity index (χ0n) is 19.7. The summed E-state index contributed by atoms with van der Waals surface area (Å²) in [5, 5.41) is 4.85. The van der Waals surface area contributed by atoms with E-state index < -0.39 is 55.8 Å². The molecule has 0 bridgehead atoms. The van der Waals surface area contributed by atoms with Crippen LogP contribution in [0.2, 0.25) is 0 Å². The Hall–Kier alpha value is -4.01. The number of ether oxygens (including phenoxy) is 2. The van der Waals surface area contributed by atoms with Crippen molar-refractivity contribution in [3.63, 3.8) is 0 Å². The molecular weight excluding hydrogens is 440 g/mol. The lowest BCUT2D eigenvalue weighted by atomic mass is 10.1. The molecule has 0 atom stereocenters. The van der Waals surface area contributed by atoms with E-state index in [4.69, 9.17) is 9.47 Å². The van der Waals surface area contributed by atoms with E-state index in [1.54, 1.807) is 24.3 Å². The van der Waals surface area contributed by atoms with Crippen LogP contribution in [-0.4, -0.2) is 55.8 Å². The SMILES string of the molecule is Cc1cc(C)cc(C(=O)NCC(=O)OCC(=O)COC(=O)CNC(=O)c2cc(C)cc(C)c2)c1. The van der Waals surface area contributed by atoms with Crippen molar-refractivity contribution in [3.8, 4) is 0 Å². The average Bonchev–Trinajstić information content (AvgIpc) is 2.76. The van der Waals surface area contributed by atoms with Gasteiger partial charge in [-0.15, -0.1) is 0 Å². The van der Waals surface area contributed by atoms with Gasteiger partial charge in [-0.05, 0) is 52.0 Å². The third-order valence-corrected chi connectivity index (χ3v) is 4.54. The number of nitrogens with one attached hydrogen (secondary N) is 2. The predicted molar refractivity (Wildman–Crippen MR) is 123 cm³/mol. The maximum Gasteiger partial charge on any atom is 0.325 e. The van der Waals surface area contributed by atoms with E-state index in [1.807, 2.05) is 39.8 Å². The largest absolute Gasteiger partial charge is 0.456 e. The maximum absolute atomic E-state index is 12.1. The number of amides is 2. The smallest absolute Gasteiger partial charge is 0.325 e. The minimum Gasteiger partial charge on any atom is -0.456 e. The van der Waals surface area contributed by atoms with Crippen molar-refractivity contribution in [2.45, 2.75) is 27.7 Å². The fraction of sp³-hybridized carbons (Fsp3) is 0.320. The number of carbonyl (C=O) groups excluding carboxylic acids is 5. The summed E-state index contributed by atoms with van der Waals surface area (Å²) in [4.78, 5) is 59.6. The molecule has 34 heavy (non-hydrogen) atoms. The Morgan fingerprint density at radius 2 is 0.912 bits per heavy atom. The molecule has 0 saturated heterocycles. The standard InChI is InChI=1S/C25H28N2O7/c1-15-5-16(2)8-19(7-15)24(31)26-11-22(29)33-13-21(28)14-34-23(30)12-27-25(32)20-9-17(3)6-18(4)10-20/h5-10H,11-14H2,1-4H3,(H,26,31)(H,27,32). The molecule has 0 fully saturated rings. The second-order valence-electron chi connectivity index (χ2n) is 7.98. The fourth-order valence-corrected chi connectivity index (χ4v) is 3.19. The summed E-state index contributed by atoms with van der Waals surface area (Å²) < 4.78 is 9.57. The molecule has 2 rings (SSSR count). The summed E-state index contributed by atoms with van der Waals surface area (Å²) in [7, 11) is 0. The highest BCUT2D eigenvalue weighted by molar-refractivity contribution is 5.97. The summed E-state index contributed by atoms with van der Waals surface area (Å²) in [6.07, 6.45) is 0. The Kier molecular flexibility index (Phi) is 9.49. The summed E-state index contributed by atoms with van der Waals surface area (Å²) in [5.74, 6) is -3.14. The number of Topliss-reactive ketones (excluding diaryl/α,β-unsaturated/α-hetero) is 1. The first-order chi connectivity index (χ1) is 16.0. The molecule has 2 N–H and O–H groups in total. The monoisotopic (exact) mass is 468 g/mol. The van der Waals surface area contributed by atoms with Gasteiger partial charge in [0.2, 0.25) is 5.78 Å². The number of hydrogen-bond donors (Lipinski definition) is 2. The van der Waals surface area contributed by atoms with Crippen LogP contribution in [0.1, 0.15) is 43.0 Å². The Balaban J connectivity index is 1.65. The third kappa shape index (κ3) is 8.85. The van der Waals surface area contributed by atoms with Crippen molar-refractivity contribution in [2.24, 2.45) is 0 Å². The second kappa shape index (κ2) is 12.3. The first kappa shape index (κ1) is 26.2. The molecule has 0 radical (unpaired) electrons. The van der Waals surface area contributed by atoms with Gasteiger partial charge in [-0.25, -0.2) is 0 Å². The van der Waals surface area contributed by atoms with Crippen molar-refractivity contribution in [1.29, 1.82) is 0 Å². The lowest BCUT2D eigenvalue weighted by Gasteiger charge is -2.09. The van der Waals surface area contributed by atoms with E-state index in [-0.39, 0.29) is 0 Å². The van der Waals surface area contributed by atoms with Crippen LogP contribution in [-0.2, 0) is 23.9 Å². The topological polar surface area (TPSA) is 128 Å². The summed E-state index contributed by atoms with van der Waals surface area (Å²) in [6, 6.07) is 10.6. The van der Waals surface area contributed by atoms with Crippen LogP contribution < -0.4 is 10.6 Å². The van der Waals surface area contributed by atoms with E-state index in [0.29, 0.717) is 11.1 Å². The van der Waals surface area contributed by atoms with Crippen molar-refractivity contribution >= 4 is 29.5 Å². The zero-order chi connectivity index (χ0) is 25.3. The number of carbonyl (C=O) groups is 5. The minimum atomic E-state index is -0.807. The molecule has 0 unspecified atom stereocenters. The third-order valence-electron chi connectivity index (χ3n) is 4.54. The van der Waals surface area contributed by atoms with Crippen molar-refractivity contribution in [3.05, 3.63) is 69.8 Å². The molecule has 0 heterocycles. The van der Waals surface area contributed by atoms with E-state index in [0.717, 1.165) is 22.3 Å². The number of aryl methyl sites for hydroxylation is 4. The number of esters is 2. The molecule has 180 valence electrons. The van der Waals surface area contributed by atoms with E-state index >= 15 is 0 Å². The van der Waals surface area contributed by atoms with E-state index in [1.165, 1.54) is 0 Å². The van der Waals surface area contributed by atoms with Crippen LogP contribution >= 0.6 is 0 Å². The molecule has 0 aliphatic carbocycles. The Labute approximate surface area is 197 Å². The highest BCUT2D eigenvalue weighted by Crippen LogP contribution is 2.09. The van der Waals surface area contributed by atoms with Crippen LogP contribution in [0.25, 0.3) is 0 Å². The van der Waals surface area contributed by atoms with Gasteiger partial charge in [0.05, 0.1) is 0 Å². The Bertz CT molecular complexity index is 982. The highest BCUT2D eigenvalue weighted by Gasteiger charge is 2.14. The minimum absolute atomic E-state index is 0.413. The molecule has 2 aromatic rings. The number of rotatable bonds is 10. The summed E-state index contributed by atoms with van der Waals surface area (Å²) >= 11 is 0. The normalized spacial score (nSPS) is 10.2. The van der Waals surface area contributed by atoms with Crippen LogP contribution in [0.15, 0.2) is 36.4 Å². The highest BCUT2D eigenvalue weighted by atomic mass is 16.6. The van der Waals surface area contributed by atoms with Gasteiger partial charge < -0.3 is 20.1 Å². The predicted octanol–water partition coefficient (Wildman–Crippen LogP) is 1.74. The second-order valence-corrected chi connectivity index (χ2v) is 7.98. The van der Waals surface area contributed by atoms with Crippen LogP contribution in [0.4, 0.5) is 0 Å². The quantitative estimate of drug-likeness (QED) is 0.508. The molecule has 0 aliphatic heterocycles. The van der Waals surface area contributed by atoms with Crippen LogP contribution in [0.3, 0.4) is 0 Å². The molecule has 9 heteroatoms. The number of benzene rings is 2. The fourth-order valence-electron chi connectivity index (χ4n) is 3.19. The van der Waals surface area contributed by atoms with Crippen molar-refractivity contribution < 1.29 is 33.4 Å². The van der Waals surface area contributed by atoms with Gasteiger partial charge in [-0.3, -0.25) is 24.0 Å². The lowest BCUT2D eigenvalue weighted by molar-refractivity contribution is -0.152. The molecule has 2 aromatic carbocycles.